The lowest BCUT2D eigenvalue weighted by Crippen LogP contribution is -1.83. The molecule has 1 N–H and O–H groups in total. The Morgan fingerprint density at radius 1 is 1.07 bits per heavy atom. The highest BCUT2D eigenvalue weighted by atomic mass is 16.2. The zero-order chi connectivity index (χ0) is 10.7. The maximum absolute atomic E-state index is 8.88. The van der Waals surface area contributed by atoms with Gasteiger partial charge in [0.1, 0.15) is 0 Å². The van der Waals surface area contributed by atoms with E-state index in [2.05, 4.69) is 18.7 Å². The second-order valence-corrected chi connectivity index (χ2v) is 3.31. The smallest absolute Gasteiger partial charge is 0.0798 e. The van der Waals surface area contributed by atoms with Gasteiger partial charge in [-0.2, -0.15) is 0 Å². The van der Waals surface area contributed by atoms with Crippen LogP contribution in [0.1, 0.15) is 11.1 Å². The van der Waals surface area contributed by atoms with Crippen molar-refractivity contribution in [3.63, 3.8) is 0 Å². The van der Waals surface area contributed by atoms with Crippen LogP contribution in [0.25, 0.3) is 22.9 Å². The number of hydrogen-bond acceptors (Lipinski definition) is 1. The standard InChI is InChI=1S/C14H12O/c1-2-11-7-8-12-5-3-4-6-13(12)14(11)9-10-15/h2-10,15H,1H2. The number of hydrogen-bond donors (Lipinski definition) is 1. The van der Waals surface area contributed by atoms with E-state index in [0.29, 0.717) is 0 Å². The lowest BCUT2D eigenvalue weighted by molar-refractivity contribution is 0.478. The molecule has 2 rings (SSSR count). The fraction of sp³-hybridized carbons (Fsp3) is 0. The number of fused-ring (bicyclic) bond motifs is 1. The lowest BCUT2D eigenvalue weighted by Gasteiger charge is -2.05. The molecule has 2 aromatic carbocycles. The molecule has 0 aliphatic carbocycles. The molecule has 0 radical (unpaired) electrons. The lowest BCUT2D eigenvalue weighted by atomic mass is 9.99. The van der Waals surface area contributed by atoms with Crippen molar-refractivity contribution in [2.24, 2.45) is 0 Å². The summed E-state index contributed by atoms with van der Waals surface area (Å²) in [7, 11) is 0. The monoisotopic (exact) mass is 196 g/mol. The van der Waals surface area contributed by atoms with Crippen LogP contribution in [0.5, 0.6) is 0 Å². The van der Waals surface area contributed by atoms with E-state index in [0.717, 1.165) is 28.2 Å². The van der Waals surface area contributed by atoms with Gasteiger partial charge in [-0.3, -0.25) is 0 Å². The van der Waals surface area contributed by atoms with Crippen molar-refractivity contribution in [1.82, 2.24) is 0 Å². The molecule has 0 bridgehead atoms. The van der Waals surface area contributed by atoms with Gasteiger partial charge in [-0.1, -0.05) is 49.1 Å². The average molecular weight is 196 g/mol. The fourth-order valence-corrected chi connectivity index (χ4v) is 1.75. The third-order valence-electron chi connectivity index (χ3n) is 2.47. The molecule has 1 nitrogen and oxygen atoms in total. The first-order chi connectivity index (χ1) is 7.36. The summed E-state index contributed by atoms with van der Waals surface area (Å²) in [5.74, 6) is 0. The van der Waals surface area contributed by atoms with Crippen molar-refractivity contribution in [3.05, 3.63) is 60.4 Å². The molecule has 0 heterocycles. The molecule has 0 spiro atoms. The molecule has 15 heavy (non-hydrogen) atoms. The van der Waals surface area contributed by atoms with Gasteiger partial charge in [-0.05, 0) is 28.0 Å². The molecule has 2 aromatic rings. The second kappa shape index (κ2) is 4.01. The van der Waals surface area contributed by atoms with Gasteiger partial charge in [-0.15, -0.1) is 0 Å². The molecular formula is C14H12O. The van der Waals surface area contributed by atoms with Gasteiger partial charge >= 0.3 is 0 Å². The van der Waals surface area contributed by atoms with Gasteiger partial charge in [0.15, 0.2) is 0 Å². The van der Waals surface area contributed by atoms with Gasteiger partial charge < -0.3 is 5.11 Å². The summed E-state index contributed by atoms with van der Waals surface area (Å²) in [6.07, 6.45) is 4.55. The maximum Gasteiger partial charge on any atom is 0.0798 e. The average Bonchev–Trinajstić information content (AvgIpc) is 2.30. The minimum Gasteiger partial charge on any atom is -0.516 e. The molecule has 0 saturated carbocycles. The first-order valence-corrected chi connectivity index (χ1v) is 4.82. The van der Waals surface area contributed by atoms with E-state index in [1.165, 1.54) is 0 Å². The van der Waals surface area contributed by atoms with E-state index in [9.17, 15) is 0 Å². The molecular weight excluding hydrogens is 184 g/mol. The Morgan fingerprint density at radius 2 is 1.87 bits per heavy atom. The van der Waals surface area contributed by atoms with E-state index >= 15 is 0 Å². The second-order valence-electron chi connectivity index (χ2n) is 3.31. The van der Waals surface area contributed by atoms with Gasteiger partial charge in [0, 0.05) is 0 Å². The number of rotatable bonds is 2. The normalized spacial score (nSPS) is 10.9. The van der Waals surface area contributed by atoms with Crippen LogP contribution in [0.15, 0.2) is 49.2 Å². The molecule has 0 atom stereocenters. The van der Waals surface area contributed by atoms with Crippen LogP contribution in [0.4, 0.5) is 0 Å². The molecule has 0 saturated heterocycles. The largest absolute Gasteiger partial charge is 0.516 e. The summed E-state index contributed by atoms with van der Waals surface area (Å²) < 4.78 is 0. The summed E-state index contributed by atoms with van der Waals surface area (Å²) in [5.41, 5.74) is 2.03. The summed E-state index contributed by atoms with van der Waals surface area (Å²) >= 11 is 0. The highest BCUT2D eigenvalue weighted by Gasteiger charge is 2.01. The molecule has 1 heteroatoms. The van der Waals surface area contributed by atoms with E-state index < -0.39 is 0 Å². The minimum atomic E-state index is 1.01. The number of aliphatic hydroxyl groups excluding tert-OH is 1. The van der Waals surface area contributed by atoms with Crippen LogP contribution >= 0.6 is 0 Å². The minimum absolute atomic E-state index is 1.01. The maximum atomic E-state index is 8.88. The molecule has 74 valence electrons. The van der Waals surface area contributed by atoms with Crippen molar-refractivity contribution in [2.75, 3.05) is 0 Å². The highest BCUT2D eigenvalue weighted by Crippen LogP contribution is 2.24. The van der Waals surface area contributed by atoms with Crippen LogP contribution < -0.4 is 0 Å². The zero-order valence-corrected chi connectivity index (χ0v) is 8.35. The quantitative estimate of drug-likeness (QED) is 0.719. The zero-order valence-electron chi connectivity index (χ0n) is 8.35. The van der Waals surface area contributed by atoms with Crippen molar-refractivity contribution in [3.8, 4) is 0 Å². The highest BCUT2D eigenvalue weighted by molar-refractivity contribution is 5.93. The predicted octanol–water partition coefficient (Wildman–Crippen LogP) is 4.01. The molecule has 0 amide bonds. The molecule has 0 fully saturated rings. The van der Waals surface area contributed by atoms with Crippen molar-refractivity contribution >= 4 is 22.9 Å². The van der Waals surface area contributed by atoms with Crippen LogP contribution in [-0.4, -0.2) is 5.11 Å². The van der Waals surface area contributed by atoms with Crippen molar-refractivity contribution < 1.29 is 5.11 Å². The van der Waals surface area contributed by atoms with Crippen LogP contribution in [0.2, 0.25) is 0 Å². The van der Waals surface area contributed by atoms with Gasteiger partial charge in [0.05, 0.1) is 6.26 Å². The Hall–Kier alpha value is -2.02. The van der Waals surface area contributed by atoms with Crippen molar-refractivity contribution in [1.29, 1.82) is 0 Å². The van der Waals surface area contributed by atoms with Gasteiger partial charge in [0.2, 0.25) is 0 Å². The topological polar surface area (TPSA) is 20.2 Å². The summed E-state index contributed by atoms with van der Waals surface area (Å²) in [6.45, 7) is 3.77. The third kappa shape index (κ3) is 1.64. The molecule has 0 aliphatic rings. The first-order valence-electron chi connectivity index (χ1n) is 4.82. The van der Waals surface area contributed by atoms with E-state index in [1.807, 2.05) is 24.3 Å². The predicted molar refractivity (Wildman–Crippen MR) is 65.7 cm³/mol. The Balaban J connectivity index is 2.84. The Kier molecular flexibility index (Phi) is 2.55. The third-order valence-corrected chi connectivity index (χ3v) is 2.47. The van der Waals surface area contributed by atoms with Crippen LogP contribution in [-0.2, 0) is 0 Å². The SMILES string of the molecule is C=Cc1ccc2ccccc2c1C=CO. The number of benzene rings is 2. The summed E-state index contributed by atoms with van der Waals surface area (Å²) in [4.78, 5) is 0. The van der Waals surface area contributed by atoms with Gasteiger partial charge in [-0.25, -0.2) is 0 Å². The van der Waals surface area contributed by atoms with E-state index in [1.54, 1.807) is 12.2 Å². The number of aliphatic hydroxyl groups is 1. The van der Waals surface area contributed by atoms with E-state index in [4.69, 9.17) is 5.11 Å². The first kappa shape index (κ1) is 9.53. The summed E-state index contributed by atoms with van der Waals surface area (Å²) in [5, 5.41) is 11.2. The Morgan fingerprint density at radius 3 is 2.60 bits per heavy atom. The summed E-state index contributed by atoms with van der Waals surface area (Å²) in [6, 6.07) is 12.1. The Bertz CT molecular complexity index is 524. The molecule has 0 aromatic heterocycles. The molecule has 0 aliphatic heterocycles. The van der Waals surface area contributed by atoms with Crippen molar-refractivity contribution in [2.45, 2.75) is 0 Å². The van der Waals surface area contributed by atoms with Crippen LogP contribution in [0, 0.1) is 0 Å². The fourth-order valence-electron chi connectivity index (χ4n) is 1.75. The molecule has 0 unspecified atom stereocenters. The van der Waals surface area contributed by atoms with E-state index in [-0.39, 0.29) is 0 Å². The van der Waals surface area contributed by atoms with Gasteiger partial charge in [0.25, 0.3) is 0 Å². The Labute approximate surface area is 89.0 Å². The van der Waals surface area contributed by atoms with Crippen LogP contribution in [0.3, 0.4) is 0 Å².